The molecule has 0 aliphatic carbocycles. The van der Waals surface area contributed by atoms with E-state index in [4.69, 9.17) is 17.3 Å². The maximum Gasteiger partial charge on any atom is 0.237 e. The Balaban J connectivity index is 1.63. The lowest BCUT2D eigenvalue weighted by atomic mass is 10.2. The summed E-state index contributed by atoms with van der Waals surface area (Å²) in [6.45, 7) is 5.74. The molecule has 3 aromatic rings. The summed E-state index contributed by atoms with van der Waals surface area (Å²) in [5, 5.41) is 6.33. The number of hydrogen-bond donors (Lipinski definition) is 3. The number of amides is 1. The number of rotatable bonds is 7. The molecule has 1 heterocycles. The van der Waals surface area contributed by atoms with Gasteiger partial charge in [-0.1, -0.05) is 35.9 Å². The molecule has 0 saturated carbocycles. The number of aromatic nitrogens is 3. The van der Waals surface area contributed by atoms with E-state index < -0.39 is 0 Å². The first-order chi connectivity index (χ1) is 14.3. The molecule has 3 rings (SSSR count). The summed E-state index contributed by atoms with van der Waals surface area (Å²) in [7, 11) is 0. The Morgan fingerprint density at radius 3 is 2.60 bits per heavy atom. The molecule has 0 unspecified atom stereocenters. The SMILES string of the molecule is Cc1ccc(Cl)cc1NC(=O)[C@@H](C)SCc1nc(N)nc(Nc2ccccc2C)n1. The van der Waals surface area contributed by atoms with E-state index >= 15 is 0 Å². The van der Waals surface area contributed by atoms with Gasteiger partial charge in [0.2, 0.25) is 17.8 Å². The van der Waals surface area contributed by atoms with Crippen LogP contribution in [-0.4, -0.2) is 26.1 Å². The van der Waals surface area contributed by atoms with Crippen LogP contribution < -0.4 is 16.4 Å². The van der Waals surface area contributed by atoms with Crippen LogP contribution in [0, 0.1) is 13.8 Å². The van der Waals surface area contributed by atoms with Gasteiger partial charge < -0.3 is 16.4 Å². The van der Waals surface area contributed by atoms with Crippen molar-refractivity contribution in [1.82, 2.24) is 15.0 Å². The van der Waals surface area contributed by atoms with Gasteiger partial charge in [0.25, 0.3) is 0 Å². The van der Waals surface area contributed by atoms with E-state index in [1.54, 1.807) is 12.1 Å². The van der Waals surface area contributed by atoms with Gasteiger partial charge in [0, 0.05) is 16.4 Å². The molecule has 0 radical (unpaired) electrons. The minimum Gasteiger partial charge on any atom is -0.368 e. The third-order valence-electron chi connectivity index (χ3n) is 4.38. The monoisotopic (exact) mass is 442 g/mol. The van der Waals surface area contributed by atoms with E-state index in [0.717, 1.165) is 16.8 Å². The van der Waals surface area contributed by atoms with Crippen LogP contribution in [-0.2, 0) is 10.5 Å². The number of hydrogen-bond acceptors (Lipinski definition) is 7. The Morgan fingerprint density at radius 1 is 1.10 bits per heavy atom. The quantitative estimate of drug-likeness (QED) is 0.485. The van der Waals surface area contributed by atoms with Gasteiger partial charge in [0.05, 0.1) is 11.0 Å². The summed E-state index contributed by atoms with van der Waals surface area (Å²) < 4.78 is 0. The molecule has 0 spiro atoms. The predicted molar refractivity (Wildman–Crippen MR) is 124 cm³/mol. The fraction of sp³-hybridized carbons (Fsp3) is 0.238. The number of aryl methyl sites for hydroxylation is 2. The molecule has 156 valence electrons. The second-order valence-corrected chi connectivity index (χ2v) is 8.54. The lowest BCUT2D eigenvalue weighted by molar-refractivity contribution is -0.115. The van der Waals surface area contributed by atoms with Gasteiger partial charge in [-0.05, 0) is 50.1 Å². The minimum atomic E-state index is -0.325. The zero-order valence-electron chi connectivity index (χ0n) is 16.9. The van der Waals surface area contributed by atoms with Gasteiger partial charge in [0.1, 0.15) is 5.82 Å². The molecule has 1 atom stereocenters. The zero-order valence-corrected chi connectivity index (χ0v) is 18.5. The number of para-hydroxylation sites is 1. The highest BCUT2D eigenvalue weighted by Crippen LogP contribution is 2.23. The molecular weight excluding hydrogens is 420 g/mol. The first-order valence-corrected chi connectivity index (χ1v) is 10.8. The van der Waals surface area contributed by atoms with Crippen molar-refractivity contribution in [1.29, 1.82) is 0 Å². The van der Waals surface area contributed by atoms with Crippen molar-refractivity contribution in [3.8, 4) is 0 Å². The molecule has 9 heteroatoms. The number of nitrogens with two attached hydrogens (primary N) is 1. The number of carbonyl (C=O) groups is 1. The molecule has 0 fully saturated rings. The number of anilines is 4. The van der Waals surface area contributed by atoms with Gasteiger partial charge in [0.15, 0.2) is 0 Å². The summed E-state index contributed by atoms with van der Waals surface area (Å²) >= 11 is 7.43. The van der Waals surface area contributed by atoms with Crippen LogP contribution in [0.25, 0.3) is 0 Å². The van der Waals surface area contributed by atoms with Crippen molar-refractivity contribution < 1.29 is 4.79 Å². The van der Waals surface area contributed by atoms with E-state index in [1.165, 1.54) is 11.8 Å². The van der Waals surface area contributed by atoms with Crippen LogP contribution in [0.5, 0.6) is 0 Å². The van der Waals surface area contributed by atoms with Crippen LogP contribution in [0.3, 0.4) is 0 Å². The summed E-state index contributed by atoms with van der Waals surface area (Å²) in [6.07, 6.45) is 0. The smallest absolute Gasteiger partial charge is 0.237 e. The number of nitrogen functional groups attached to an aromatic ring is 1. The second-order valence-electron chi connectivity index (χ2n) is 6.78. The van der Waals surface area contributed by atoms with Crippen LogP contribution >= 0.6 is 23.4 Å². The summed E-state index contributed by atoms with van der Waals surface area (Å²) in [6, 6.07) is 13.2. The average Bonchev–Trinajstić information content (AvgIpc) is 2.70. The predicted octanol–water partition coefficient (Wildman–Crippen LogP) is 4.73. The van der Waals surface area contributed by atoms with Crippen LogP contribution in [0.15, 0.2) is 42.5 Å². The van der Waals surface area contributed by atoms with Crippen LogP contribution in [0.4, 0.5) is 23.3 Å². The molecule has 7 nitrogen and oxygen atoms in total. The minimum absolute atomic E-state index is 0.120. The molecule has 0 saturated heterocycles. The third-order valence-corrected chi connectivity index (χ3v) is 5.75. The van der Waals surface area contributed by atoms with Gasteiger partial charge in [-0.3, -0.25) is 4.79 Å². The molecular formula is C21H23ClN6OS. The lowest BCUT2D eigenvalue weighted by Crippen LogP contribution is -2.23. The molecule has 30 heavy (non-hydrogen) atoms. The maximum absolute atomic E-state index is 12.5. The first kappa shape index (κ1) is 21.9. The first-order valence-electron chi connectivity index (χ1n) is 9.33. The summed E-state index contributed by atoms with van der Waals surface area (Å²) in [5.74, 6) is 1.30. The molecule has 1 amide bonds. The Bertz CT molecular complexity index is 1060. The van der Waals surface area contributed by atoms with Gasteiger partial charge in [-0.15, -0.1) is 11.8 Å². The van der Waals surface area contributed by atoms with E-state index in [9.17, 15) is 4.79 Å². The van der Waals surface area contributed by atoms with E-state index in [-0.39, 0.29) is 17.1 Å². The standard InChI is InChI=1S/C21H23ClN6OS/c1-12-6-4-5-7-16(12)25-21-27-18(26-20(23)28-21)11-30-14(3)19(29)24-17-10-15(22)9-8-13(17)2/h4-10,14H,11H2,1-3H3,(H,24,29)(H3,23,25,26,27,28)/t14-/m1/s1. The van der Waals surface area contributed by atoms with Crippen molar-refractivity contribution in [2.24, 2.45) is 0 Å². The molecule has 0 bridgehead atoms. The molecule has 0 aliphatic heterocycles. The zero-order chi connectivity index (χ0) is 21.7. The number of benzene rings is 2. The van der Waals surface area contributed by atoms with E-state index in [0.29, 0.717) is 28.2 Å². The molecule has 2 aromatic carbocycles. The highest BCUT2D eigenvalue weighted by atomic mass is 35.5. The number of carbonyl (C=O) groups excluding carboxylic acids is 1. The lowest BCUT2D eigenvalue weighted by Gasteiger charge is -2.14. The Labute approximate surface area is 184 Å². The van der Waals surface area contributed by atoms with Crippen LogP contribution in [0.1, 0.15) is 23.9 Å². The maximum atomic E-state index is 12.5. The van der Waals surface area contributed by atoms with Crippen molar-refractivity contribution in [3.63, 3.8) is 0 Å². The van der Waals surface area contributed by atoms with Crippen molar-refractivity contribution in [3.05, 3.63) is 64.4 Å². The van der Waals surface area contributed by atoms with Crippen molar-refractivity contribution >= 4 is 52.5 Å². The normalized spacial score (nSPS) is 11.7. The molecule has 1 aromatic heterocycles. The fourth-order valence-electron chi connectivity index (χ4n) is 2.63. The molecule has 0 aliphatic rings. The number of thioether (sulfide) groups is 1. The Kier molecular flexibility index (Phi) is 7.12. The number of halogens is 1. The van der Waals surface area contributed by atoms with Gasteiger partial charge >= 0.3 is 0 Å². The van der Waals surface area contributed by atoms with Gasteiger partial charge in [-0.2, -0.15) is 15.0 Å². The topological polar surface area (TPSA) is 106 Å². The summed E-state index contributed by atoms with van der Waals surface area (Å²) in [4.78, 5) is 25.3. The largest absolute Gasteiger partial charge is 0.368 e. The van der Waals surface area contributed by atoms with Gasteiger partial charge in [-0.25, -0.2) is 0 Å². The van der Waals surface area contributed by atoms with Crippen LogP contribution in [0.2, 0.25) is 5.02 Å². The number of nitrogens with zero attached hydrogens (tertiary/aromatic N) is 3. The fourth-order valence-corrected chi connectivity index (χ4v) is 3.54. The van der Waals surface area contributed by atoms with E-state index in [1.807, 2.05) is 51.1 Å². The third kappa shape index (κ3) is 5.84. The second kappa shape index (κ2) is 9.77. The van der Waals surface area contributed by atoms with E-state index in [2.05, 4.69) is 25.6 Å². The number of nitrogens with one attached hydrogen (secondary N) is 2. The Morgan fingerprint density at radius 2 is 1.83 bits per heavy atom. The summed E-state index contributed by atoms with van der Waals surface area (Å²) in [5.41, 5.74) is 9.45. The van der Waals surface area contributed by atoms with Crippen molar-refractivity contribution in [2.75, 3.05) is 16.4 Å². The highest BCUT2D eigenvalue weighted by molar-refractivity contribution is 7.99. The Hall–Kier alpha value is -2.84. The average molecular weight is 443 g/mol. The van der Waals surface area contributed by atoms with Crippen molar-refractivity contribution in [2.45, 2.75) is 31.8 Å². The molecule has 4 N–H and O–H groups in total. The highest BCUT2D eigenvalue weighted by Gasteiger charge is 2.16.